The van der Waals surface area contributed by atoms with Crippen LogP contribution in [0.5, 0.6) is 0 Å². The number of amides is 1. The summed E-state index contributed by atoms with van der Waals surface area (Å²) in [6.45, 7) is 1.07. The molecule has 0 unspecified atom stereocenters. The second kappa shape index (κ2) is 6.35. The molecule has 0 aliphatic carbocycles. The molecular weight excluding hydrogens is 228 g/mol. The van der Waals surface area contributed by atoms with Crippen molar-refractivity contribution in [1.82, 2.24) is 4.90 Å². The van der Waals surface area contributed by atoms with Crippen LogP contribution in [0.1, 0.15) is 0 Å². The van der Waals surface area contributed by atoms with E-state index in [9.17, 15) is 4.79 Å². The van der Waals surface area contributed by atoms with Crippen LogP contribution in [0.25, 0.3) is 0 Å². The van der Waals surface area contributed by atoms with Crippen LogP contribution in [-0.2, 0) is 4.74 Å². The summed E-state index contributed by atoms with van der Waals surface area (Å²) in [6.07, 6.45) is -0.454. The summed E-state index contributed by atoms with van der Waals surface area (Å²) in [4.78, 5) is 13.2. The number of carbonyl (C=O) groups excluding carboxylic acids is 1. The number of hydrogen-bond donors (Lipinski definition) is 1. The van der Waals surface area contributed by atoms with Gasteiger partial charge < -0.3 is 9.64 Å². The van der Waals surface area contributed by atoms with Crippen LogP contribution in [0.4, 0.5) is 10.5 Å². The molecular formula is C11H15ClN2O2. The lowest BCUT2D eigenvalue weighted by Gasteiger charge is -2.10. The molecule has 1 aromatic rings. The van der Waals surface area contributed by atoms with Crippen LogP contribution in [0.3, 0.4) is 0 Å². The van der Waals surface area contributed by atoms with E-state index in [1.165, 1.54) is 0 Å². The largest absolute Gasteiger partial charge is 0.448 e. The quantitative estimate of drug-likeness (QED) is 0.882. The van der Waals surface area contributed by atoms with E-state index in [1.807, 2.05) is 19.0 Å². The number of halogens is 1. The van der Waals surface area contributed by atoms with E-state index < -0.39 is 6.09 Å². The second-order valence-electron chi connectivity index (χ2n) is 3.57. The summed E-state index contributed by atoms with van der Waals surface area (Å²) in [6, 6.07) is 6.85. The van der Waals surface area contributed by atoms with E-state index in [4.69, 9.17) is 16.3 Å². The third-order valence-corrected chi connectivity index (χ3v) is 2.11. The Bertz CT molecular complexity index is 338. The van der Waals surface area contributed by atoms with Crippen molar-refractivity contribution in [1.29, 1.82) is 0 Å². The normalized spacial score (nSPS) is 10.2. The molecule has 1 N–H and O–H groups in total. The Morgan fingerprint density at radius 2 is 2.00 bits per heavy atom. The van der Waals surface area contributed by atoms with Crippen molar-refractivity contribution >= 4 is 23.4 Å². The highest BCUT2D eigenvalue weighted by molar-refractivity contribution is 6.30. The smallest absolute Gasteiger partial charge is 0.411 e. The second-order valence-corrected chi connectivity index (χ2v) is 4.01. The number of likely N-dealkylation sites (N-methyl/N-ethyl adjacent to an activating group) is 1. The summed E-state index contributed by atoms with van der Waals surface area (Å²) in [5.74, 6) is 0. The molecule has 0 heterocycles. The zero-order valence-corrected chi connectivity index (χ0v) is 10.1. The van der Waals surface area contributed by atoms with Gasteiger partial charge in [0.2, 0.25) is 0 Å². The Morgan fingerprint density at radius 1 is 1.38 bits per heavy atom. The molecule has 0 saturated heterocycles. The van der Waals surface area contributed by atoms with E-state index in [2.05, 4.69) is 5.32 Å². The average Bonchev–Trinajstić information content (AvgIpc) is 2.21. The molecule has 1 rings (SSSR count). The van der Waals surface area contributed by atoms with Crippen LogP contribution >= 0.6 is 11.6 Å². The van der Waals surface area contributed by atoms with Crippen molar-refractivity contribution in [2.24, 2.45) is 0 Å². The monoisotopic (exact) mass is 242 g/mol. The first-order chi connectivity index (χ1) is 7.58. The standard InChI is InChI=1S/C11H15ClN2O2/c1-14(2)7-8-16-11(15)13-10-5-3-9(12)4-6-10/h3-6H,7-8H2,1-2H3,(H,13,15). The minimum Gasteiger partial charge on any atom is -0.448 e. The van der Waals surface area contributed by atoms with E-state index in [0.29, 0.717) is 23.9 Å². The maximum Gasteiger partial charge on any atom is 0.411 e. The molecule has 1 aromatic carbocycles. The number of rotatable bonds is 4. The van der Waals surface area contributed by atoms with Gasteiger partial charge in [-0.3, -0.25) is 5.32 Å². The summed E-state index contributed by atoms with van der Waals surface area (Å²) >= 11 is 5.72. The minimum atomic E-state index is -0.454. The van der Waals surface area contributed by atoms with Gasteiger partial charge in [-0.25, -0.2) is 4.79 Å². The van der Waals surface area contributed by atoms with Gasteiger partial charge in [0.25, 0.3) is 0 Å². The fourth-order valence-corrected chi connectivity index (χ4v) is 1.13. The highest BCUT2D eigenvalue weighted by Gasteiger charge is 2.02. The molecule has 0 aliphatic rings. The van der Waals surface area contributed by atoms with Crippen molar-refractivity contribution in [3.63, 3.8) is 0 Å². The van der Waals surface area contributed by atoms with Gasteiger partial charge in [0, 0.05) is 17.3 Å². The van der Waals surface area contributed by atoms with Gasteiger partial charge in [-0.2, -0.15) is 0 Å². The highest BCUT2D eigenvalue weighted by Crippen LogP contribution is 2.13. The van der Waals surface area contributed by atoms with Gasteiger partial charge in [-0.15, -0.1) is 0 Å². The Hall–Kier alpha value is -1.26. The lowest BCUT2D eigenvalue weighted by Crippen LogP contribution is -2.22. The molecule has 5 heteroatoms. The van der Waals surface area contributed by atoms with Crippen molar-refractivity contribution in [3.05, 3.63) is 29.3 Å². The molecule has 0 aliphatic heterocycles. The van der Waals surface area contributed by atoms with E-state index in [1.54, 1.807) is 24.3 Å². The minimum absolute atomic E-state index is 0.367. The molecule has 0 radical (unpaired) electrons. The lowest BCUT2D eigenvalue weighted by molar-refractivity contribution is 0.151. The summed E-state index contributed by atoms with van der Waals surface area (Å²) < 4.78 is 4.96. The van der Waals surface area contributed by atoms with Crippen molar-refractivity contribution in [2.45, 2.75) is 0 Å². The number of anilines is 1. The zero-order valence-electron chi connectivity index (χ0n) is 9.37. The number of carbonyl (C=O) groups is 1. The van der Waals surface area contributed by atoms with Crippen LogP contribution in [0.15, 0.2) is 24.3 Å². The third kappa shape index (κ3) is 5.00. The molecule has 4 nitrogen and oxygen atoms in total. The van der Waals surface area contributed by atoms with Crippen molar-refractivity contribution in [3.8, 4) is 0 Å². The summed E-state index contributed by atoms with van der Waals surface area (Å²) in [7, 11) is 3.83. The predicted octanol–water partition coefficient (Wildman–Crippen LogP) is 2.45. The SMILES string of the molecule is CN(C)CCOC(=O)Nc1ccc(Cl)cc1. The fraction of sp³-hybridized carbons (Fsp3) is 0.364. The van der Waals surface area contributed by atoms with Gasteiger partial charge in [0.15, 0.2) is 0 Å². The number of benzene rings is 1. The lowest BCUT2D eigenvalue weighted by atomic mass is 10.3. The fourth-order valence-electron chi connectivity index (χ4n) is 1.01. The Morgan fingerprint density at radius 3 is 2.56 bits per heavy atom. The Labute approximate surface area is 100 Å². The maximum atomic E-state index is 11.3. The predicted molar refractivity (Wildman–Crippen MR) is 65.0 cm³/mol. The molecule has 0 bridgehead atoms. The highest BCUT2D eigenvalue weighted by atomic mass is 35.5. The first-order valence-electron chi connectivity index (χ1n) is 4.92. The van der Waals surface area contributed by atoms with Crippen LogP contribution < -0.4 is 5.32 Å². The number of ether oxygens (including phenoxy) is 1. The molecule has 88 valence electrons. The number of nitrogens with one attached hydrogen (secondary N) is 1. The first kappa shape index (κ1) is 12.8. The number of hydrogen-bond acceptors (Lipinski definition) is 3. The molecule has 0 atom stereocenters. The van der Waals surface area contributed by atoms with Gasteiger partial charge in [0.1, 0.15) is 6.61 Å². The molecule has 16 heavy (non-hydrogen) atoms. The topological polar surface area (TPSA) is 41.6 Å². The molecule has 0 saturated carbocycles. The first-order valence-corrected chi connectivity index (χ1v) is 5.30. The third-order valence-electron chi connectivity index (χ3n) is 1.86. The summed E-state index contributed by atoms with van der Waals surface area (Å²) in [5.41, 5.74) is 0.666. The molecule has 1 amide bonds. The van der Waals surface area contributed by atoms with Crippen LogP contribution in [-0.4, -0.2) is 38.2 Å². The van der Waals surface area contributed by atoms with Gasteiger partial charge >= 0.3 is 6.09 Å². The van der Waals surface area contributed by atoms with Crippen molar-refractivity contribution in [2.75, 3.05) is 32.6 Å². The van der Waals surface area contributed by atoms with E-state index >= 15 is 0 Å². The Balaban J connectivity index is 2.31. The van der Waals surface area contributed by atoms with E-state index in [-0.39, 0.29) is 0 Å². The average molecular weight is 243 g/mol. The summed E-state index contributed by atoms with van der Waals surface area (Å²) in [5, 5.41) is 3.24. The van der Waals surface area contributed by atoms with Crippen LogP contribution in [0.2, 0.25) is 5.02 Å². The van der Waals surface area contributed by atoms with Gasteiger partial charge in [-0.1, -0.05) is 11.6 Å². The molecule has 0 fully saturated rings. The van der Waals surface area contributed by atoms with Crippen molar-refractivity contribution < 1.29 is 9.53 Å². The van der Waals surface area contributed by atoms with Gasteiger partial charge in [0.05, 0.1) is 0 Å². The zero-order chi connectivity index (χ0) is 12.0. The van der Waals surface area contributed by atoms with Gasteiger partial charge in [-0.05, 0) is 38.4 Å². The molecule has 0 spiro atoms. The van der Waals surface area contributed by atoms with Crippen LogP contribution in [0, 0.1) is 0 Å². The molecule has 0 aromatic heterocycles. The van der Waals surface area contributed by atoms with E-state index in [0.717, 1.165) is 0 Å². The number of nitrogens with zero attached hydrogens (tertiary/aromatic N) is 1. The Kier molecular flexibility index (Phi) is 5.08. The maximum absolute atomic E-state index is 11.3.